The molecule has 6 heteroatoms. The molecule has 2 heterocycles. The maximum Gasteiger partial charge on any atom is 0.153 e. The van der Waals surface area contributed by atoms with E-state index < -0.39 is 0 Å². The van der Waals surface area contributed by atoms with Gasteiger partial charge in [-0.25, -0.2) is 4.98 Å². The van der Waals surface area contributed by atoms with Crippen LogP contribution in [0.2, 0.25) is 0 Å². The van der Waals surface area contributed by atoms with Crippen molar-refractivity contribution in [1.29, 1.82) is 0 Å². The number of aliphatic hydroxyl groups excluding tert-OH is 1. The van der Waals surface area contributed by atoms with Crippen molar-refractivity contribution in [3.05, 3.63) is 36.3 Å². The molecule has 0 saturated heterocycles. The van der Waals surface area contributed by atoms with E-state index in [2.05, 4.69) is 31.9 Å². The van der Waals surface area contributed by atoms with Crippen molar-refractivity contribution >= 4 is 11.6 Å². The maximum absolute atomic E-state index is 8.90. The Hall–Kier alpha value is -1.95. The molecule has 1 fully saturated rings. The lowest BCUT2D eigenvalue weighted by molar-refractivity contribution is 0.276. The number of anilines is 2. The van der Waals surface area contributed by atoms with E-state index in [0.29, 0.717) is 17.4 Å². The molecule has 0 aromatic carbocycles. The Morgan fingerprint density at radius 2 is 2.26 bits per heavy atom. The fourth-order valence-electron chi connectivity index (χ4n) is 2.28. The van der Waals surface area contributed by atoms with E-state index >= 15 is 0 Å². The second-order valence-electron chi connectivity index (χ2n) is 4.68. The smallest absolute Gasteiger partial charge is 0.153 e. The summed E-state index contributed by atoms with van der Waals surface area (Å²) in [5.74, 6) is 1.92. The highest BCUT2D eigenvalue weighted by atomic mass is 16.3. The van der Waals surface area contributed by atoms with Crippen LogP contribution in [0.1, 0.15) is 36.6 Å². The van der Waals surface area contributed by atoms with Crippen molar-refractivity contribution in [3.8, 4) is 0 Å². The normalized spacial score (nSPS) is 15.8. The van der Waals surface area contributed by atoms with Crippen LogP contribution < -0.4 is 5.32 Å². The molecule has 2 aromatic rings. The third-order valence-corrected chi connectivity index (χ3v) is 3.33. The van der Waals surface area contributed by atoms with Crippen molar-refractivity contribution in [2.24, 2.45) is 0 Å². The zero-order valence-corrected chi connectivity index (χ0v) is 10.5. The van der Waals surface area contributed by atoms with E-state index in [-0.39, 0.29) is 6.61 Å². The number of nitrogens with one attached hydrogen (secondary N) is 2. The fourth-order valence-corrected chi connectivity index (χ4v) is 2.28. The predicted octanol–water partition coefficient (Wildman–Crippen LogP) is 1.91. The molecule has 0 spiro atoms. The fraction of sp³-hybridized carbons (Fsp3) is 0.385. The molecule has 0 bridgehead atoms. The first-order valence-corrected chi connectivity index (χ1v) is 6.41. The van der Waals surface area contributed by atoms with Crippen molar-refractivity contribution in [1.82, 2.24) is 20.2 Å². The monoisotopic (exact) mass is 258 g/mol. The summed E-state index contributed by atoms with van der Waals surface area (Å²) in [7, 11) is 0. The molecule has 1 radical (unpaired) electrons. The first-order valence-electron chi connectivity index (χ1n) is 6.41. The first kappa shape index (κ1) is 12.1. The van der Waals surface area contributed by atoms with Crippen LogP contribution in [0.25, 0.3) is 0 Å². The zero-order chi connectivity index (χ0) is 13.1. The van der Waals surface area contributed by atoms with Gasteiger partial charge in [-0.1, -0.05) is 0 Å². The highest BCUT2D eigenvalue weighted by Gasteiger charge is 2.19. The number of hydrogen-bond acceptors (Lipinski definition) is 5. The van der Waals surface area contributed by atoms with Crippen molar-refractivity contribution in [2.45, 2.75) is 31.8 Å². The Balaban J connectivity index is 1.68. The Morgan fingerprint density at radius 1 is 1.32 bits per heavy atom. The number of aromatic nitrogens is 4. The maximum atomic E-state index is 8.90. The molecule has 1 atom stereocenters. The van der Waals surface area contributed by atoms with Gasteiger partial charge in [0.05, 0.1) is 24.7 Å². The summed E-state index contributed by atoms with van der Waals surface area (Å²) in [6.07, 6.45) is 8.93. The molecule has 0 aliphatic heterocycles. The average Bonchev–Trinajstić information content (AvgIpc) is 3.10. The molecule has 1 aliphatic carbocycles. The van der Waals surface area contributed by atoms with E-state index in [4.69, 9.17) is 5.11 Å². The number of aliphatic hydroxyl groups is 1. The van der Waals surface area contributed by atoms with Crippen LogP contribution in [-0.4, -0.2) is 25.3 Å². The Morgan fingerprint density at radius 3 is 2.95 bits per heavy atom. The molecular weight excluding hydrogens is 242 g/mol. The van der Waals surface area contributed by atoms with Crippen LogP contribution in [-0.2, 0) is 6.61 Å². The SMILES string of the molecule is OCc1cnc(Nc2cc([C@H]3C[CH]CC3)[nH]n2)cn1. The molecular formula is C13H16N5O. The third-order valence-electron chi connectivity index (χ3n) is 3.33. The van der Waals surface area contributed by atoms with E-state index in [1.54, 1.807) is 12.4 Å². The highest BCUT2D eigenvalue weighted by Crippen LogP contribution is 2.33. The van der Waals surface area contributed by atoms with Crippen molar-refractivity contribution in [3.63, 3.8) is 0 Å². The number of H-pyrrole nitrogens is 1. The van der Waals surface area contributed by atoms with Gasteiger partial charge in [-0.3, -0.25) is 10.1 Å². The van der Waals surface area contributed by atoms with Crippen LogP contribution in [0, 0.1) is 6.42 Å². The number of rotatable bonds is 4. The standard InChI is InChI=1S/C13H16N5O/c19-8-10-6-15-13(7-14-10)16-12-5-11(17-18-12)9-3-1-2-4-9/h1,5-7,9,19H,2-4,8H2,(H2,15,16,17,18)/t9-/m0/s1. The average molecular weight is 258 g/mol. The second-order valence-corrected chi connectivity index (χ2v) is 4.68. The summed E-state index contributed by atoms with van der Waals surface area (Å²) < 4.78 is 0. The highest BCUT2D eigenvalue weighted by molar-refractivity contribution is 5.50. The largest absolute Gasteiger partial charge is 0.390 e. The molecule has 99 valence electrons. The van der Waals surface area contributed by atoms with Gasteiger partial charge >= 0.3 is 0 Å². The number of aromatic amines is 1. The Bertz CT molecular complexity index is 530. The molecule has 6 nitrogen and oxygen atoms in total. The van der Waals surface area contributed by atoms with E-state index in [1.165, 1.54) is 12.8 Å². The van der Waals surface area contributed by atoms with Gasteiger partial charge in [0.1, 0.15) is 5.82 Å². The van der Waals surface area contributed by atoms with Gasteiger partial charge in [0.25, 0.3) is 0 Å². The molecule has 19 heavy (non-hydrogen) atoms. The van der Waals surface area contributed by atoms with Gasteiger partial charge in [0.2, 0.25) is 0 Å². The number of hydrogen-bond donors (Lipinski definition) is 3. The molecule has 0 amide bonds. The Kier molecular flexibility index (Phi) is 3.41. The zero-order valence-electron chi connectivity index (χ0n) is 10.5. The first-order chi connectivity index (χ1) is 9.35. The van der Waals surface area contributed by atoms with Crippen LogP contribution in [0.3, 0.4) is 0 Å². The van der Waals surface area contributed by atoms with Crippen LogP contribution in [0.4, 0.5) is 11.6 Å². The van der Waals surface area contributed by atoms with E-state index in [0.717, 1.165) is 17.9 Å². The summed E-state index contributed by atoms with van der Waals surface area (Å²) in [5.41, 5.74) is 1.71. The lowest BCUT2D eigenvalue weighted by atomic mass is 10.0. The van der Waals surface area contributed by atoms with Crippen LogP contribution in [0.5, 0.6) is 0 Å². The summed E-state index contributed by atoms with van der Waals surface area (Å²) in [6, 6.07) is 2.02. The number of nitrogens with zero attached hydrogens (tertiary/aromatic N) is 3. The van der Waals surface area contributed by atoms with Gasteiger partial charge < -0.3 is 10.4 Å². The third kappa shape index (κ3) is 2.73. The second kappa shape index (κ2) is 5.36. The van der Waals surface area contributed by atoms with Crippen LogP contribution in [0.15, 0.2) is 18.5 Å². The van der Waals surface area contributed by atoms with E-state index in [9.17, 15) is 0 Å². The molecule has 1 aliphatic rings. The Labute approximate surface area is 111 Å². The van der Waals surface area contributed by atoms with Crippen molar-refractivity contribution in [2.75, 3.05) is 5.32 Å². The minimum absolute atomic E-state index is 0.0992. The summed E-state index contributed by atoms with van der Waals surface area (Å²) in [5, 5.41) is 19.3. The topological polar surface area (TPSA) is 86.7 Å². The summed E-state index contributed by atoms with van der Waals surface area (Å²) in [6.45, 7) is -0.0992. The van der Waals surface area contributed by atoms with Crippen LogP contribution >= 0.6 is 0 Å². The van der Waals surface area contributed by atoms with Gasteiger partial charge in [0.15, 0.2) is 5.82 Å². The van der Waals surface area contributed by atoms with E-state index in [1.807, 2.05) is 6.07 Å². The molecule has 2 aromatic heterocycles. The molecule has 0 unspecified atom stereocenters. The molecule has 3 N–H and O–H groups in total. The lowest BCUT2D eigenvalue weighted by Crippen LogP contribution is -1.97. The minimum Gasteiger partial charge on any atom is -0.390 e. The summed E-state index contributed by atoms with van der Waals surface area (Å²) >= 11 is 0. The summed E-state index contributed by atoms with van der Waals surface area (Å²) in [4.78, 5) is 8.22. The van der Waals surface area contributed by atoms with Gasteiger partial charge in [0, 0.05) is 17.7 Å². The van der Waals surface area contributed by atoms with Crippen molar-refractivity contribution < 1.29 is 5.11 Å². The molecule has 3 rings (SSSR count). The van der Waals surface area contributed by atoms with Gasteiger partial charge in [-0.05, 0) is 25.7 Å². The lowest BCUT2D eigenvalue weighted by Gasteiger charge is -2.03. The molecule has 1 saturated carbocycles. The quantitative estimate of drug-likeness (QED) is 0.779. The van der Waals surface area contributed by atoms with Gasteiger partial charge in [-0.15, -0.1) is 0 Å². The predicted molar refractivity (Wildman–Crippen MR) is 70.7 cm³/mol. The minimum atomic E-state index is -0.0992. The van der Waals surface area contributed by atoms with Gasteiger partial charge in [-0.2, -0.15) is 5.10 Å².